The molecule has 0 bridgehead atoms. The fraction of sp³-hybridized carbons (Fsp3) is 0.917. The Labute approximate surface area is 99.1 Å². The molecule has 16 heavy (non-hydrogen) atoms. The van der Waals surface area contributed by atoms with E-state index in [-0.39, 0.29) is 24.0 Å². The Morgan fingerprint density at radius 2 is 1.94 bits per heavy atom. The van der Waals surface area contributed by atoms with Crippen LogP contribution in [0, 0.1) is 0 Å². The van der Waals surface area contributed by atoms with Gasteiger partial charge in [0.2, 0.25) is 5.91 Å². The van der Waals surface area contributed by atoms with Crippen molar-refractivity contribution in [2.75, 3.05) is 13.7 Å². The Kier molecular flexibility index (Phi) is 8.21. The summed E-state index contributed by atoms with van der Waals surface area (Å²) in [6.45, 7) is 8.58. The lowest BCUT2D eigenvalue weighted by Gasteiger charge is -2.22. The minimum Gasteiger partial charge on any atom is -0.383 e. The Morgan fingerprint density at radius 1 is 1.31 bits per heavy atom. The lowest BCUT2D eigenvalue weighted by Crippen LogP contribution is -2.49. The molecule has 0 aliphatic carbocycles. The van der Waals surface area contributed by atoms with Gasteiger partial charge in [0.25, 0.3) is 0 Å². The highest BCUT2D eigenvalue weighted by Gasteiger charge is 2.17. The second-order valence-corrected chi connectivity index (χ2v) is 4.49. The van der Waals surface area contributed by atoms with E-state index in [0.717, 1.165) is 12.8 Å². The molecule has 4 nitrogen and oxygen atoms in total. The van der Waals surface area contributed by atoms with Gasteiger partial charge in [-0.05, 0) is 27.2 Å². The van der Waals surface area contributed by atoms with Gasteiger partial charge >= 0.3 is 0 Å². The van der Waals surface area contributed by atoms with E-state index in [1.807, 2.05) is 20.8 Å². The Balaban J connectivity index is 4.05. The number of ether oxygens (including phenoxy) is 1. The van der Waals surface area contributed by atoms with Gasteiger partial charge in [0, 0.05) is 19.2 Å². The molecule has 0 aliphatic rings. The predicted octanol–water partition coefficient (Wildman–Crippen LogP) is 1.30. The third kappa shape index (κ3) is 6.80. The molecule has 0 radical (unpaired) electrons. The van der Waals surface area contributed by atoms with Crippen molar-refractivity contribution in [2.45, 2.75) is 58.7 Å². The highest BCUT2D eigenvalue weighted by molar-refractivity contribution is 5.81. The first-order valence-corrected chi connectivity index (χ1v) is 6.06. The first-order valence-electron chi connectivity index (χ1n) is 6.06. The molecule has 96 valence electrons. The Bertz CT molecular complexity index is 189. The molecule has 0 spiro atoms. The zero-order valence-corrected chi connectivity index (χ0v) is 11.2. The van der Waals surface area contributed by atoms with E-state index in [1.54, 1.807) is 7.11 Å². The van der Waals surface area contributed by atoms with Gasteiger partial charge in [0.1, 0.15) is 0 Å². The molecular formula is C12H26N2O2. The van der Waals surface area contributed by atoms with Crippen LogP contribution >= 0.6 is 0 Å². The van der Waals surface area contributed by atoms with Gasteiger partial charge in [-0.25, -0.2) is 0 Å². The lowest BCUT2D eigenvalue weighted by atomic mass is 10.1. The van der Waals surface area contributed by atoms with E-state index in [4.69, 9.17) is 4.74 Å². The second kappa shape index (κ2) is 8.53. The molecule has 0 heterocycles. The van der Waals surface area contributed by atoms with Crippen molar-refractivity contribution in [2.24, 2.45) is 0 Å². The second-order valence-electron chi connectivity index (χ2n) is 4.49. The Hall–Kier alpha value is -0.610. The first-order chi connectivity index (χ1) is 7.51. The third-order valence-electron chi connectivity index (χ3n) is 2.31. The highest BCUT2D eigenvalue weighted by atomic mass is 16.5. The van der Waals surface area contributed by atoms with Crippen LogP contribution in [0.5, 0.6) is 0 Å². The highest BCUT2D eigenvalue weighted by Crippen LogP contribution is 1.99. The predicted molar refractivity (Wildman–Crippen MR) is 66.4 cm³/mol. The maximum absolute atomic E-state index is 11.7. The number of carbonyl (C=O) groups is 1. The Morgan fingerprint density at radius 3 is 2.38 bits per heavy atom. The van der Waals surface area contributed by atoms with Crippen molar-refractivity contribution in [1.82, 2.24) is 10.6 Å². The topological polar surface area (TPSA) is 50.4 Å². The molecule has 0 aromatic heterocycles. The summed E-state index contributed by atoms with van der Waals surface area (Å²) in [5, 5.41) is 6.18. The van der Waals surface area contributed by atoms with Crippen LogP contribution in [0.15, 0.2) is 0 Å². The number of hydrogen-bond acceptors (Lipinski definition) is 3. The molecule has 0 aromatic rings. The molecule has 0 aromatic carbocycles. The van der Waals surface area contributed by atoms with Crippen molar-refractivity contribution in [1.29, 1.82) is 0 Å². The molecule has 0 saturated carbocycles. The molecule has 0 fully saturated rings. The summed E-state index contributed by atoms with van der Waals surface area (Å²) in [6.07, 6.45) is 2.10. The summed E-state index contributed by atoms with van der Waals surface area (Å²) in [5.41, 5.74) is 0. The molecule has 2 unspecified atom stereocenters. The normalized spacial score (nSPS) is 14.9. The smallest absolute Gasteiger partial charge is 0.237 e. The van der Waals surface area contributed by atoms with Gasteiger partial charge in [-0.1, -0.05) is 13.3 Å². The van der Waals surface area contributed by atoms with E-state index >= 15 is 0 Å². The SMILES string of the molecule is CCCC(COC)NC(C)C(=O)NC(C)C. The minimum atomic E-state index is -0.172. The average Bonchev–Trinajstić information content (AvgIpc) is 2.17. The molecule has 2 atom stereocenters. The molecule has 0 aliphatic heterocycles. The van der Waals surface area contributed by atoms with Crippen LogP contribution in [0.2, 0.25) is 0 Å². The number of hydrogen-bond donors (Lipinski definition) is 2. The lowest BCUT2D eigenvalue weighted by molar-refractivity contribution is -0.123. The van der Waals surface area contributed by atoms with Crippen molar-refractivity contribution in [3.8, 4) is 0 Å². The van der Waals surface area contributed by atoms with Crippen LogP contribution in [0.3, 0.4) is 0 Å². The third-order valence-corrected chi connectivity index (χ3v) is 2.31. The van der Waals surface area contributed by atoms with E-state index in [9.17, 15) is 4.79 Å². The van der Waals surface area contributed by atoms with Gasteiger partial charge in [-0.15, -0.1) is 0 Å². The fourth-order valence-electron chi connectivity index (χ4n) is 1.60. The first kappa shape index (κ1) is 15.4. The van der Waals surface area contributed by atoms with Crippen molar-refractivity contribution < 1.29 is 9.53 Å². The van der Waals surface area contributed by atoms with Gasteiger partial charge in [0.05, 0.1) is 12.6 Å². The maximum atomic E-state index is 11.7. The maximum Gasteiger partial charge on any atom is 0.237 e. The number of nitrogens with one attached hydrogen (secondary N) is 2. The van der Waals surface area contributed by atoms with Crippen LogP contribution in [0.25, 0.3) is 0 Å². The zero-order valence-electron chi connectivity index (χ0n) is 11.2. The standard InChI is InChI=1S/C12H26N2O2/c1-6-7-11(8-16-5)14-10(4)12(15)13-9(2)3/h9-11,14H,6-8H2,1-5H3,(H,13,15). The number of carbonyl (C=O) groups excluding carboxylic acids is 1. The zero-order chi connectivity index (χ0) is 12.6. The van der Waals surface area contributed by atoms with Gasteiger partial charge in [-0.2, -0.15) is 0 Å². The van der Waals surface area contributed by atoms with E-state index in [0.29, 0.717) is 6.61 Å². The summed E-state index contributed by atoms with van der Waals surface area (Å²) in [6, 6.07) is 0.265. The average molecular weight is 230 g/mol. The summed E-state index contributed by atoms with van der Waals surface area (Å²) < 4.78 is 5.12. The van der Waals surface area contributed by atoms with Gasteiger partial charge in [0.15, 0.2) is 0 Å². The van der Waals surface area contributed by atoms with Gasteiger partial charge < -0.3 is 15.4 Å². The van der Waals surface area contributed by atoms with Crippen LogP contribution in [-0.2, 0) is 9.53 Å². The van der Waals surface area contributed by atoms with E-state index in [2.05, 4.69) is 17.6 Å². The van der Waals surface area contributed by atoms with Crippen molar-refractivity contribution in [3.63, 3.8) is 0 Å². The van der Waals surface area contributed by atoms with E-state index < -0.39 is 0 Å². The van der Waals surface area contributed by atoms with Crippen LogP contribution in [-0.4, -0.2) is 37.7 Å². The van der Waals surface area contributed by atoms with Crippen LogP contribution in [0.4, 0.5) is 0 Å². The van der Waals surface area contributed by atoms with Crippen molar-refractivity contribution in [3.05, 3.63) is 0 Å². The fourth-order valence-corrected chi connectivity index (χ4v) is 1.60. The summed E-state index contributed by atoms with van der Waals surface area (Å²) in [7, 11) is 1.68. The largest absolute Gasteiger partial charge is 0.383 e. The molecule has 4 heteroatoms. The molecule has 0 saturated heterocycles. The summed E-state index contributed by atoms with van der Waals surface area (Å²) >= 11 is 0. The monoisotopic (exact) mass is 230 g/mol. The summed E-state index contributed by atoms with van der Waals surface area (Å²) in [4.78, 5) is 11.7. The molecular weight excluding hydrogens is 204 g/mol. The number of amides is 1. The number of methoxy groups -OCH3 is 1. The quantitative estimate of drug-likeness (QED) is 0.661. The van der Waals surface area contributed by atoms with Gasteiger partial charge in [-0.3, -0.25) is 4.79 Å². The molecule has 1 amide bonds. The van der Waals surface area contributed by atoms with Crippen molar-refractivity contribution >= 4 is 5.91 Å². The molecule has 0 rings (SSSR count). The molecule has 2 N–H and O–H groups in total. The number of rotatable bonds is 8. The van der Waals surface area contributed by atoms with Crippen LogP contribution in [0.1, 0.15) is 40.5 Å². The van der Waals surface area contributed by atoms with Crippen LogP contribution < -0.4 is 10.6 Å². The minimum absolute atomic E-state index is 0.0483. The van der Waals surface area contributed by atoms with E-state index in [1.165, 1.54) is 0 Å². The summed E-state index contributed by atoms with van der Waals surface area (Å²) in [5.74, 6) is 0.0483.